The van der Waals surface area contributed by atoms with Gasteiger partial charge >= 0.3 is 5.97 Å². The van der Waals surface area contributed by atoms with Crippen LogP contribution < -0.4 is 21.1 Å². The fourth-order valence-corrected chi connectivity index (χ4v) is 2.39. The number of carbonyl (C=O) groups is 2. The summed E-state index contributed by atoms with van der Waals surface area (Å²) in [5.41, 5.74) is 7.34. The van der Waals surface area contributed by atoms with Crippen LogP contribution in [-0.2, 0) is 9.59 Å². The molecule has 0 heterocycles. The highest BCUT2D eigenvalue weighted by Crippen LogP contribution is 2.30. The first kappa shape index (κ1) is 18.8. The highest BCUT2D eigenvalue weighted by molar-refractivity contribution is 5.95. The van der Waals surface area contributed by atoms with E-state index in [9.17, 15) is 14.7 Å². The number of methoxy groups -OCH3 is 1. The first-order valence-corrected chi connectivity index (χ1v) is 7.71. The molecule has 8 nitrogen and oxygen atoms in total. The van der Waals surface area contributed by atoms with Crippen LogP contribution in [0.1, 0.15) is 24.1 Å². The Labute approximate surface area is 150 Å². The Morgan fingerprint density at radius 3 is 2.35 bits per heavy atom. The summed E-state index contributed by atoms with van der Waals surface area (Å²) in [6.07, 6.45) is 0. The van der Waals surface area contributed by atoms with E-state index < -0.39 is 12.0 Å². The Morgan fingerprint density at radius 2 is 1.85 bits per heavy atom. The number of hydrogen-bond acceptors (Lipinski definition) is 5. The standard InChI is InChI=1S/C18H20N4O4/c1-10(23)21-14-9-12(5-8-15(14)26-2)16(18(24)25)22-13-6-3-11(4-7-13)17(19)20/h3-9,16,22H,1-2H3,(H3,19,20)(H,21,23)(H,24,25). The van der Waals surface area contributed by atoms with E-state index in [1.807, 2.05) is 0 Å². The molecule has 0 saturated carbocycles. The zero-order valence-electron chi connectivity index (χ0n) is 14.4. The van der Waals surface area contributed by atoms with Gasteiger partial charge in [0.15, 0.2) is 6.04 Å². The number of amides is 1. The Hall–Kier alpha value is -3.55. The number of aliphatic carboxylic acids is 1. The number of carbonyl (C=O) groups excluding carboxylic acids is 1. The Balaban J connectivity index is 2.33. The topological polar surface area (TPSA) is 138 Å². The average Bonchev–Trinajstić information content (AvgIpc) is 2.59. The van der Waals surface area contributed by atoms with Crippen molar-refractivity contribution in [2.24, 2.45) is 5.73 Å². The third kappa shape index (κ3) is 4.50. The second-order valence-electron chi connectivity index (χ2n) is 5.55. The van der Waals surface area contributed by atoms with Crippen molar-refractivity contribution in [3.8, 4) is 5.75 Å². The number of amidine groups is 1. The summed E-state index contributed by atoms with van der Waals surface area (Å²) in [6.45, 7) is 1.36. The first-order valence-electron chi connectivity index (χ1n) is 7.71. The lowest BCUT2D eigenvalue weighted by atomic mass is 10.0. The number of benzene rings is 2. The molecule has 1 unspecified atom stereocenters. The Kier molecular flexibility index (Phi) is 5.79. The summed E-state index contributed by atoms with van der Waals surface area (Å²) in [6, 6.07) is 10.3. The van der Waals surface area contributed by atoms with Crippen molar-refractivity contribution in [2.45, 2.75) is 13.0 Å². The van der Waals surface area contributed by atoms with Crippen molar-refractivity contribution < 1.29 is 19.4 Å². The maximum atomic E-state index is 11.7. The van der Waals surface area contributed by atoms with Crippen molar-refractivity contribution >= 4 is 29.1 Å². The number of ether oxygens (including phenoxy) is 1. The van der Waals surface area contributed by atoms with Crippen LogP contribution in [0.3, 0.4) is 0 Å². The van der Waals surface area contributed by atoms with Gasteiger partial charge in [-0.25, -0.2) is 4.79 Å². The van der Waals surface area contributed by atoms with E-state index in [2.05, 4.69) is 10.6 Å². The number of carboxylic acid groups (broad SMARTS) is 1. The summed E-state index contributed by atoms with van der Waals surface area (Å²) < 4.78 is 5.18. The van der Waals surface area contributed by atoms with Gasteiger partial charge in [0.25, 0.3) is 0 Å². The molecule has 0 aliphatic carbocycles. The van der Waals surface area contributed by atoms with E-state index in [0.717, 1.165) is 0 Å². The lowest BCUT2D eigenvalue weighted by Gasteiger charge is -2.18. The second-order valence-corrected chi connectivity index (χ2v) is 5.55. The monoisotopic (exact) mass is 356 g/mol. The van der Waals surface area contributed by atoms with Gasteiger partial charge in [-0.05, 0) is 42.0 Å². The van der Waals surface area contributed by atoms with Crippen LogP contribution in [0.15, 0.2) is 42.5 Å². The highest BCUT2D eigenvalue weighted by Gasteiger charge is 2.21. The van der Waals surface area contributed by atoms with Gasteiger partial charge < -0.3 is 26.2 Å². The summed E-state index contributed by atoms with van der Waals surface area (Å²) in [5.74, 6) is -1.01. The molecular weight excluding hydrogens is 336 g/mol. The predicted octanol–water partition coefficient (Wildman–Crippen LogP) is 2.18. The number of anilines is 2. The van der Waals surface area contributed by atoms with E-state index in [0.29, 0.717) is 28.3 Å². The lowest BCUT2D eigenvalue weighted by molar-refractivity contribution is -0.138. The average molecular weight is 356 g/mol. The van der Waals surface area contributed by atoms with Crippen molar-refractivity contribution in [1.29, 1.82) is 5.41 Å². The summed E-state index contributed by atoms with van der Waals surface area (Å²) >= 11 is 0. The van der Waals surface area contributed by atoms with E-state index in [4.69, 9.17) is 15.9 Å². The largest absolute Gasteiger partial charge is 0.495 e. The minimum atomic E-state index is -1.08. The van der Waals surface area contributed by atoms with Crippen LogP contribution in [-0.4, -0.2) is 29.9 Å². The zero-order chi connectivity index (χ0) is 19.3. The zero-order valence-corrected chi connectivity index (χ0v) is 14.4. The number of hydrogen-bond donors (Lipinski definition) is 5. The third-order valence-corrected chi connectivity index (χ3v) is 3.62. The van der Waals surface area contributed by atoms with Gasteiger partial charge in [-0.15, -0.1) is 0 Å². The van der Waals surface area contributed by atoms with Gasteiger partial charge in [-0.1, -0.05) is 6.07 Å². The first-order chi connectivity index (χ1) is 12.3. The van der Waals surface area contributed by atoms with Crippen LogP contribution >= 0.6 is 0 Å². The molecule has 0 aliphatic rings. The molecule has 0 aromatic heterocycles. The normalized spacial score (nSPS) is 11.3. The molecule has 1 atom stereocenters. The number of nitrogens with two attached hydrogens (primary N) is 1. The molecule has 2 aromatic rings. The van der Waals surface area contributed by atoms with E-state index in [1.165, 1.54) is 14.0 Å². The van der Waals surface area contributed by atoms with Crippen LogP contribution in [0.25, 0.3) is 0 Å². The lowest BCUT2D eigenvalue weighted by Crippen LogP contribution is -2.21. The molecule has 8 heteroatoms. The minimum Gasteiger partial charge on any atom is -0.495 e. The van der Waals surface area contributed by atoms with E-state index in [-0.39, 0.29) is 11.7 Å². The van der Waals surface area contributed by atoms with Crippen LogP contribution in [0.4, 0.5) is 11.4 Å². The quantitative estimate of drug-likeness (QED) is 0.381. The molecular formula is C18H20N4O4. The van der Waals surface area contributed by atoms with Crippen LogP contribution in [0, 0.1) is 5.41 Å². The summed E-state index contributed by atoms with van der Waals surface area (Å²) in [7, 11) is 1.46. The van der Waals surface area contributed by atoms with Gasteiger partial charge in [0.05, 0.1) is 12.8 Å². The Bertz CT molecular complexity index is 834. The molecule has 0 bridgehead atoms. The molecule has 1 amide bonds. The van der Waals surface area contributed by atoms with Gasteiger partial charge in [-0.3, -0.25) is 10.2 Å². The van der Waals surface area contributed by atoms with Crippen LogP contribution in [0.5, 0.6) is 5.75 Å². The van der Waals surface area contributed by atoms with E-state index in [1.54, 1.807) is 42.5 Å². The molecule has 0 radical (unpaired) electrons. The predicted molar refractivity (Wildman–Crippen MR) is 98.8 cm³/mol. The van der Waals surface area contributed by atoms with Gasteiger partial charge in [0, 0.05) is 18.2 Å². The van der Waals surface area contributed by atoms with Gasteiger partial charge in [-0.2, -0.15) is 0 Å². The fourth-order valence-electron chi connectivity index (χ4n) is 2.39. The minimum absolute atomic E-state index is 0.0681. The van der Waals surface area contributed by atoms with Crippen molar-refractivity contribution in [1.82, 2.24) is 0 Å². The molecule has 0 saturated heterocycles. The second kappa shape index (κ2) is 8.02. The number of carboxylic acids is 1. The third-order valence-electron chi connectivity index (χ3n) is 3.62. The molecule has 136 valence electrons. The fraction of sp³-hybridized carbons (Fsp3) is 0.167. The molecule has 26 heavy (non-hydrogen) atoms. The molecule has 2 rings (SSSR count). The van der Waals surface area contributed by atoms with Crippen LogP contribution in [0.2, 0.25) is 0 Å². The molecule has 6 N–H and O–H groups in total. The summed E-state index contributed by atoms with van der Waals surface area (Å²) in [4.78, 5) is 23.1. The van der Waals surface area contributed by atoms with Gasteiger partial charge in [0.2, 0.25) is 5.91 Å². The summed E-state index contributed by atoms with van der Waals surface area (Å²) in [5, 5.41) is 22.5. The highest BCUT2D eigenvalue weighted by atomic mass is 16.5. The van der Waals surface area contributed by atoms with E-state index >= 15 is 0 Å². The smallest absolute Gasteiger partial charge is 0.330 e. The molecule has 2 aromatic carbocycles. The van der Waals surface area contributed by atoms with Crippen molar-refractivity contribution in [3.63, 3.8) is 0 Å². The number of rotatable bonds is 7. The number of nitrogens with one attached hydrogen (secondary N) is 3. The van der Waals surface area contributed by atoms with Crippen molar-refractivity contribution in [3.05, 3.63) is 53.6 Å². The van der Waals surface area contributed by atoms with Gasteiger partial charge in [0.1, 0.15) is 11.6 Å². The Morgan fingerprint density at radius 1 is 1.19 bits per heavy atom. The molecule has 0 spiro atoms. The number of nitrogen functional groups attached to an aromatic ring is 1. The molecule has 0 aliphatic heterocycles. The SMILES string of the molecule is COc1ccc(C(Nc2ccc(C(=N)N)cc2)C(=O)O)cc1NC(C)=O. The molecule has 0 fully saturated rings. The maximum Gasteiger partial charge on any atom is 0.330 e. The maximum absolute atomic E-state index is 11.7. The van der Waals surface area contributed by atoms with Crippen molar-refractivity contribution in [2.75, 3.05) is 17.7 Å².